The van der Waals surface area contributed by atoms with Gasteiger partial charge in [0.2, 0.25) is 0 Å². The van der Waals surface area contributed by atoms with Crippen molar-refractivity contribution in [1.82, 2.24) is 9.80 Å². The van der Waals surface area contributed by atoms with Crippen molar-refractivity contribution >= 4 is 13.3 Å². The van der Waals surface area contributed by atoms with Gasteiger partial charge in [-0.05, 0) is 0 Å². The van der Waals surface area contributed by atoms with Gasteiger partial charge in [0, 0.05) is 0 Å². The molecule has 0 aromatic heterocycles. The first-order valence-corrected chi connectivity index (χ1v) is 3.51. The Morgan fingerprint density at radius 3 is 2.20 bits per heavy atom. The fourth-order valence-corrected chi connectivity index (χ4v) is 1.06. The van der Waals surface area contributed by atoms with E-state index in [1.807, 2.05) is 4.90 Å². The average molecular weight is 140 g/mol. The van der Waals surface area contributed by atoms with E-state index in [-0.39, 0.29) is 5.77 Å². The van der Waals surface area contributed by atoms with Crippen molar-refractivity contribution in [3.63, 3.8) is 0 Å². The van der Waals surface area contributed by atoms with Gasteiger partial charge in [-0.3, -0.25) is 0 Å². The average Bonchev–Trinajstić information content (AvgIpc) is 1.88. The van der Waals surface area contributed by atoms with Gasteiger partial charge in [-0.25, -0.2) is 0 Å². The quantitative estimate of drug-likeness (QED) is 0.453. The number of rotatable bonds is 1. The van der Waals surface area contributed by atoms with E-state index in [2.05, 4.69) is 19.4 Å². The third-order valence-electron chi connectivity index (χ3n) is 1.87. The summed E-state index contributed by atoms with van der Waals surface area (Å²) < 4.78 is 0. The van der Waals surface area contributed by atoms with Gasteiger partial charge >= 0.3 is 61.4 Å². The fraction of sp³-hybridized carbons (Fsp3) is 0.833. The summed E-state index contributed by atoms with van der Waals surface area (Å²) in [6.45, 7) is 3.82. The Bertz CT molecular complexity index is 132. The van der Waals surface area contributed by atoms with E-state index >= 15 is 0 Å². The zero-order valence-corrected chi connectivity index (χ0v) is 6.38. The monoisotopic (exact) mass is 140 g/mol. The topological polar surface area (TPSA) is 26.7 Å². The van der Waals surface area contributed by atoms with Gasteiger partial charge in [-0.2, -0.15) is 0 Å². The molecular formula is C6H13BN2O. The Morgan fingerprint density at radius 1 is 1.30 bits per heavy atom. The maximum absolute atomic E-state index is 8.98. The van der Waals surface area contributed by atoms with Crippen molar-refractivity contribution in [2.45, 2.75) is 0 Å². The molecule has 1 rings (SSSR count). The number of likely N-dealkylation sites (N-methyl/N-ethyl adjacent to an activating group) is 1. The molecule has 4 heteroatoms. The van der Waals surface area contributed by atoms with Gasteiger partial charge in [-0.1, -0.05) is 0 Å². The van der Waals surface area contributed by atoms with Gasteiger partial charge in [0.05, 0.1) is 0 Å². The first-order valence-electron chi connectivity index (χ1n) is 3.51. The Labute approximate surface area is 62.3 Å². The molecule has 0 radical (unpaired) electrons. The van der Waals surface area contributed by atoms with Crippen LogP contribution in [0, 0.1) is 0 Å². The second kappa shape index (κ2) is 3.06. The van der Waals surface area contributed by atoms with Gasteiger partial charge in [0.25, 0.3) is 0 Å². The molecule has 0 amide bonds. The fourth-order valence-electron chi connectivity index (χ4n) is 1.06. The molecule has 0 atom stereocenters. The summed E-state index contributed by atoms with van der Waals surface area (Å²) in [5.74, 6) is 0.202. The van der Waals surface area contributed by atoms with E-state index in [9.17, 15) is 0 Å². The molecule has 1 heterocycles. The molecule has 0 saturated carbocycles. The number of hydrogen-bond acceptors (Lipinski definition) is 3. The summed E-state index contributed by atoms with van der Waals surface area (Å²) in [4.78, 5) is 4.12. The van der Waals surface area contributed by atoms with Crippen LogP contribution in [0.2, 0.25) is 0 Å². The Morgan fingerprint density at radius 2 is 1.80 bits per heavy atom. The van der Waals surface area contributed by atoms with E-state index < -0.39 is 0 Å². The molecule has 0 unspecified atom stereocenters. The van der Waals surface area contributed by atoms with Crippen molar-refractivity contribution in [2.75, 3.05) is 33.2 Å². The number of nitrogens with zero attached hydrogens (tertiary/aromatic N) is 2. The van der Waals surface area contributed by atoms with Crippen molar-refractivity contribution in [2.24, 2.45) is 0 Å². The van der Waals surface area contributed by atoms with Crippen LogP contribution < -0.4 is 0 Å². The predicted octanol–water partition coefficient (Wildman–Crippen LogP) is -1.41. The number of aliphatic hydroxyl groups excluding tert-OH is 1. The normalized spacial score (nSPS) is 21.0. The van der Waals surface area contributed by atoms with Crippen LogP contribution in [0.4, 0.5) is 0 Å². The van der Waals surface area contributed by atoms with E-state index in [1.54, 1.807) is 0 Å². The minimum atomic E-state index is 0.202. The second-order valence-corrected chi connectivity index (χ2v) is 2.71. The summed E-state index contributed by atoms with van der Waals surface area (Å²) in [5, 5.41) is 8.98. The summed E-state index contributed by atoms with van der Waals surface area (Å²) >= 11 is 0. The third kappa shape index (κ3) is 1.74. The Hall–Kier alpha value is -0.505. The summed E-state index contributed by atoms with van der Waals surface area (Å²) in [7, 11) is 5.55. The predicted molar refractivity (Wildman–Crippen MR) is 43.2 cm³/mol. The van der Waals surface area contributed by atoms with Crippen LogP contribution in [-0.4, -0.2) is 61.4 Å². The van der Waals surface area contributed by atoms with E-state index in [0.29, 0.717) is 0 Å². The zero-order valence-electron chi connectivity index (χ0n) is 6.38. The van der Waals surface area contributed by atoms with Crippen molar-refractivity contribution in [3.8, 4) is 0 Å². The van der Waals surface area contributed by atoms with Crippen LogP contribution in [-0.2, 0) is 0 Å². The second-order valence-electron chi connectivity index (χ2n) is 2.71. The first-order chi connectivity index (χ1) is 4.70. The molecule has 1 saturated heterocycles. The summed E-state index contributed by atoms with van der Waals surface area (Å²) in [6, 6.07) is 0. The van der Waals surface area contributed by atoms with Crippen LogP contribution in [0.15, 0.2) is 0 Å². The molecule has 0 spiro atoms. The van der Waals surface area contributed by atoms with E-state index in [1.165, 1.54) is 0 Å². The van der Waals surface area contributed by atoms with Crippen molar-refractivity contribution < 1.29 is 5.11 Å². The molecule has 3 nitrogen and oxygen atoms in total. The van der Waals surface area contributed by atoms with Crippen molar-refractivity contribution in [1.29, 1.82) is 0 Å². The van der Waals surface area contributed by atoms with Crippen LogP contribution in [0.5, 0.6) is 0 Å². The summed E-state index contributed by atoms with van der Waals surface area (Å²) in [6.07, 6.45) is 0. The Balaban J connectivity index is 2.33. The first kappa shape index (κ1) is 7.60. The van der Waals surface area contributed by atoms with Gasteiger partial charge in [0.15, 0.2) is 0 Å². The maximum atomic E-state index is 8.98. The SMILES string of the molecule is B=C(O)N1CCN(C)CC1. The molecule has 0 bridgehead atoms. The van der Waals surface area contributed by atoms with E-state index in [4.69, 9.17) is 5.11 Å². The molecule has 1 aliphatic rings. The van der Waals surface area contributed by atoms with Crippen LogP contribution in [0.25, 0.3) is 0 Å². The molecule has 10 heavy (non-hydrogen) atoms. The molecule has 1 aliphatic heterocycles. The van der Waals surface area contributed by atoms with Crippen LogP contribution in [0.3, 0.4) is 0 Å². The number of aliphatic hydroxyl groups is 1. The van der Waals surface area contributed by atoms with Crippen LogP contribution in [0.1, 0.15) is 0 Å². The molecule has 1 fully saturated rings. The number of piperazine rings is 1. The van der Waals surface area contributed by atoms with Gasteiger partial charge in [0.1, 0.15) is 0 Å². The van der Waals surface area contributed by atoms with Crippen molar-refractivity contribution in [3.05, 3.63) is 0 Å². The molecular weight excluding hydrogens is 127 g/mol. The molecule has 0 aliphatic carbocycles. The van der Waals surface area contributed by atoms with Gasteiger partial charge < -0.3 is 0 Å². The molecule has 0 aromatic rings. The standard InChI is InChI=1S/C6H13BN2O/c1-8-2-4-9(5-3-8)6(7)10/h7,10H,2-5H2,1H3. The number of hydrogen-bond donors (Lipinski definition) is 1. The third-order valence-corrected chi connectivity index (χ3v) is 1.87. The Kier molecular flexibility index (Phi) is 2.32. The zero-order chi connectivity index (χ0) is 7.56. The van der Waals surface area contributed by atoms with Gasteiger partial charge in [-0.15, -0.1) is 0 Å². The molecule has 1 N–H and O–H groups in total. The van der Waals surface area contributed by atoms with Crippen LogP contribution >= 0.6 is 0 Å². The molecule has 56 valence electrons. The minimum absolute atomic E-state index is 0.202. The summed E-state index contributed by atoms with van der Waals surface area (Å²) in [5.41, 5.74) is 0. The molecule has 0 aromatic carbocycles. The van der Waals surface area contributed by atoms with E-state index in [0.717, 1.165) is 26.2 Å².